The number of benzene rings is 2. The van der Waals surface area contributed by atoms with Gasteiger partial charge in [0.25, 0.3) is 0 Å². The van der Waals surface area contributed by atoms with E-state index < -0.39 is 23.4 Å². The number of esters is 2. The standard InChI is InChI=1S/C27H34O8/c1-4-6-8-10-17-14-21(16-23(31)24(17)26(32)34-3)35-27(33)25-18(13-20(29)15-22(25)30)12-19(28)11-9-7-5-2/h13-16,29-31H,4-12H2,1-3H3. The SMILES string of the molecule is CCCCCC(=O)Cc1cc(O)cc(O)c1C(=O)Oc1cc(O)c(C(=O)OC)c(CCCCC)c1. The quantitative estimate of drug-likeness (QED) is 0.199. The molecule has 0 unspecified atom stereocenters. The van der Waals surface area contributed by atoms with Crippen LogP contribution < -0.4 is 4.74 Å². The summed E-state index contributed by atoms with van der Waals surface area (Å²) < 4.78 is 10.2. The number of hydrogen-bond acceptors (Lipinski definition) is 8. The molecule has 0 spiro atoms. The second-order valence-electron chi connectivity index (χ2n) is 8.49. The lowest BCUT2D eigenvalue weighted by Crippen LogP contribution is -2.15. The fourth-order valence-electron chi connectivity index (χ4n) is 3.89. The maximum atomic E-state index is 13.0. The highest BCUT2D eigenvalue weighted by molar-refractivity contribution is 5.98. The zero-order valence-corrected chi connectivity index (χ0v) is 20.6. The average Bonchev–Trinajstić information content (AvgIpc) is 2.78. The lowest BCUT2D eigenvalue weighted by atomic mass is 9.98. The van der Waals surface area contributed by atoms with Crippen LogP contribution in [0.15, 0.2) is 24.3 Å². The van der Waals surface area contributed by atoms with E-state index in [4.69, 9.17) is 9.47 Å². The van der Waals surface area contributed by atoms with Crippen LogP contribution in [0.1, 0.15) is 90.6 Å². The van der Waals surface area contributed by atoms with Gasteiger partial charge in [-0.3, -0.25) is 4.79 Å². The minimum absolute atomic E-state index is 0.00856. The largest absolute Gasteiger partial charge is 0.508 e. The van der Waals surface area contributed by atoms with Gasteiger partial charge in [0, 0.05) is 25.0 Å². The number of carbonyl (C=O) groups is 3. The summed E-state index contributed by atoms with van der Waals surface area (Å²) in [7, 11) is 1.21. The van der Waals surface area contributed by atoms with E-state index in [0.717, 1.165) is 44.2 Å². The van der Waals surface area contributed by atoms with Crippen LogP contribution in [0.4, 0.5) is 0 Å². The number of hydrogen-bond donors (Lipinski definition) is 3. The van der Waals surface area contributed by atoms with Crippen LogP contribution in [0.25, 0.3) is 0 Å². The molecule has 0 heterocycles. The number of unbranched alkanes of at least 4 members (excludes halogenated alkanes) is 4. The van der Waals surface area contributed by atoms with Gasteiger partial charge in [-0.25, -0.2) is 9.59 Å². The summed E-state index contributed by atoms with van der Waals surface area (Å²) in [6.45, 7) is 4.06. The predicted molar refractivity (Wildman–Crippen MR) is 130 cm³/mol. The van der Waals surface area contributed by atoms with E-state index in [2.05, 4.69) is 0 Å². The molecule has 0 saturated carbocycles. The molecule has 0 bridgehead atoms. The summed E-state index contributed by atoms with van der Waals surface area (Å²) >= 11 is 0. The Kier molecular flexibility index (Phi) is 10.6. The van der Waals surface area contributed by atoms with E-state index in [1.807, 2.05) is 13.8 Å². The van der Waals surface area contributed by atoms with Gasteiger partial charge in [-0.1, -0.05) is 39.5 Å². The smallest absolute Gasteiger partial charge is 0.347 e. The number of phenolic OH excluding ortho intramolecular Hbond substituents is 3. The minimum Gasteiger partial charge on any atom is -0.508 e. The first-order valence-electron chi connectivity index (χ1n) is 11.9. The minimum atomic E-state index is -0.955. The fourth-order valence-corrected chi connectivity index (χ4v) is 3.89. The van der Waals surface area contributed by atoms with Crippen molar-refractivity contribution in [2.75, 3.05) is 7.11 Å². The fraction of sp³-hybridized carbons (Fsp3) is 0.444. The molecule has 35 heavy (non-hydrogen) atoms. The Morgan fingerprint density at radius 1 is 0.771 bits per heavy atom. The number of methoxy groups -OCH3 is 1. The molecule has 0 radical (unpaired) electrons. The van der Waals surface area contributed by atoms with Crippen molar-refractivity contribution in [1.29, 1.82) is 0 Å². The molecule has 0 aliphatic carbocycles. The number of aromatic hydroxyl groups is 3. The summed E-state index contributed by atoms with van der Waals surface area (Å²) in [5.41, 5.74) is 0.381. The van der Waals surface area contributed by atoms with Gasteiger partial charge < -0.3 is 24.8 Å². The van der Waals surface area contributed by atoms with Gasteiger partial charge in [-0.15, -0.1) is 0 Å². The molecular weight excluding hydrogens is 452 g/mol. The molecular formula is C27H34O8. The van der Waals surface area contributed by atoms with Crippen LogP contribution in [0.5, 0.6) is 23.0 Å². The van der Waals surface area contributed by atoms with Crippen LogP contribution in [-0.2, 0) is 22.4 Å². The maximum Gasteiger partial charge on any atom is 0.347 e. The highest BCUT2D eigenvalue weighted by Gasteiger charge is 2.24. The molecule has 0 aliphatic heterocycles. The third-order valence-electron chi connectivity index (χ3n) is 5.66. The second kappa shape index (κ2) is 13.4. The number of ketones is 1. The molecule has 2 aromatic rings. The summed E-state index contributed by atoms with van der Waals surface area (Å²) in [5.74, 6) is -3.01. The molecule has 2 rings (SSSR count). The number of aryl methyl sites for hydroxylation is 1. The molecule has 0 aromatic heterocycles. The molecule has 8 nitrogen and oxygen atoms in total. The van der Waals surface area contributed by atoms with Gasteiger partial charge in [0.05, 0.1) is 7.11 Å². The first-order chi connectivity index (χ1) is 16.7. The summed E-state index contributed by atoms with van der Waals surface area (Å²) in [6, 6.07) is 4.85. The van der Waals surface area contributed by atoms with Crippen molar-refractivity contribution in [2.45, 2.75) is 71.6 Å². The second-order valence-corrected chi connectivity index (χ2v) is 8.49. The van der Waals surface area contributed by atoms with E-state index in [-0.39, 0.29) is 40.4 Å². The van der Waals surface area contributed by atoms with Gasteiger partial charge in [0.1, 0.15) is 39.9 Å². The van der Waals surface area contributed by atoms with E-state index >= 15 is 0 Å². The number of ether oxygens (including phenoxy) is 2. The van der Waals surface area contributed by atoms with Crippen LogP contribution >= 0.6 is 0 Å². The van der Waals surface area contributed by atoms with Crippen molar-refractivity contribution in [1.82, 2.24) is 0 Å². The van der Waals surface area contributed by atoms with E-state index in [0.29, 0.717) is 24.8 Å². The maximum absolute atomic E-state index is 13.0. The molecule has 0 aliphatic rings. The summed E-state index contributed by atoms with van der Waals surface area (Å²) in [4.78, 5) is 37.6. The third-order valence-corrected chi connectivity index (χ3v) is 5.66. The highest BCUT2D eigenvalue weighted by Crippen LogP contribution is 2.33. The Bertz CT molecular complexity index is 1060. The van der Waals surface area contributed by atoms with E-state index in [1.54, 1.807) is 0 Å². The Hall–Kier alpha value is -3.55. The molecule has 8 heteroatoms. The molecule has 190 valence electrons. The van der Waals surface area contributed by atoms with E-state index in [9.17, 15) is 29.7 Å². The zero-order chi connectivity index (χ0) is 26.0. The Morgan fingerprint density at radius 2 is 1.40 bits per heavy atom. The number of rotatable bonds is 13. The zero-order valence-electron chi connectivity index (χ0n) is 20.6. The number of Topliss-reactive ketones (excluding diaryl/α,β-unsaturated/α-hetero) is 1. The van der Waals surface area contributed by atoms with Gasteiger partial charge in [0.15, 0.2) is 0 Å². The monoisotopic (exact) mass is 486 g/mol. The van der Waals surface area contributed by atoms with Crippen molar-refractivity contribution in [3.05, 3.63) is 46.5 Å². The van der Waals surface area contributed by atoms with Crippen molar-refractivity contribution in [2.24, 2.45) is 0 Å². The van der Waals surface area contributed by atoms with Crippen LogP contribution in [0, 0.1) is 0 Å². The molecule has 0 fully saturated rings. The lowest BCUT2D eigenvalue weighted by molar-refractivity contribution is -0.118. The van der Waals surface area contributed by atoms with Crippen molar-refractivity contribution >= 4 is 17.7 Å². The Balaban J connectivity index is 2.36. The molecule has 0 amide bonds. The van der Waals surface area contributed by atoms with Crippen molar-refractivity contribution in [3.8, 4) is 23.0 Å². The third kappa shape index (κ3) is 7.73. The van der Waals surface area contributed by atoms with Gasteiger partial charge >= 0.3 is 11.9 Å². The summed E-state index contributed by atoms with van der Waals surface area (Å²) in [6.07, 6.45) is 5.81. The first kappa shape index (κ1) is 27.7. The molecule has 0 atom stereocenters. The van der Waals surface area contributed by atoms with E-state index in [1.165, 1.54) is 19.2 Å². The topological polar surface area (TPSA) is 130 Å². The molecule has 3 N–H and O–H groups in total. The predicted octanol–water partition coefficient (Wildman–Crippen LogP) is 5.23. The van der Waals surface area contributed by atoms with Crippen molar-refractivity contribution < 1.29 is 39.2 Å². The van der Waals surface area contributed by atoms with Crippen LogP contribution in [0.3, 0.4) is 0 Å². The normalized spacial score (nSPS) is 10.7. The first-order valence-corrected chi connectivity index (χ1v) is 11.9. The lowest BCUT2D eigenvalue weighted by Gasteiger charge is -2.15. The van der Waals surface area contributed by atoms with Crippen LogP contribution in [-0.4, -0.2) is 40.2 Å². The van der Waals surface area contributed by atoms with Gasteiger partial charge in [-0.05, 0) is 42.5 Å². The van der Waals surface area contributed by atoms with Crippen molar-refractivity contribution in [3.63, 3.8) is 0 Å². The molecule has 0 saturated heterocycles. The number of carbonyl (C=O) groups excluding carboxylic acids is 3. The Morgan fingerprint density at radius 3 is 2.06 bits per heavy atom. The van der Waals surface area contributed by atoms with Crippen LogP contribution in [0.2, 0.25) is 0 Å². The summed E-state index contributed by atoms with van der Waals surface area (Å²) in [5, 5.41) is 30.7. The van der Waals surface area contributed by atoms with Gasteiger partial charge in [-0.2, -0.15) is 0 Å². The average molecular weight is 487 g/mol. The molecule has 2 aromatic carbocycles. The Labute approximate surface area is 205 Å². The number of phenols is 3. The van der Waals surface area contributed by atoms with Gasteiger partial charge in [0.2, 0.25) is 0 Å². The highest BCUT2D eigenvalue weighted by atomic mass is 16.5.